The first-order valence-corrected chi connectivity index (χ1v) is 12.5. The summed E-state index contributed by atoms with van der Waals surface area (Å²) in [7, 11) is 0. The molecule has 1 N–H and O–H groups in total. The molecule has 0 aromatic heterocycles. The molecule has 160 valence electrons. The van der Waals surface area contributed by atoms with Crippen LogP contribution in [0.4, 0.5) is 4.79 Å². The lowest BCUT2D eigenvalue weighted by atomic mass is 10.00. The van der Waals surface area contributed by atoms with Gasteiger partial charge in [0.2, 0.25) is 0 Å². The highest BCUT2D eigenvalue weighted by Crippen LogP contribution is 2.14. The number of aryl methyl sites for hydroxylation is 2. The van der Waals surface area contributed by atoms with Crippen LogP contribution in [-0.4, -0.2) is 22.2 Å². The number of unbranched alkanes of at least 4 members (excludes halogenated alkanes) is 5. The second-order valence-corrected chi connectivity index (χ2v) is 9.77. The van der Waals surface area contributed by atoms with Gasteiger partial charge in [0, 0.05) is 10.5 Å². The van der Waals surface area contributed by atoms with Crippen LogP contribution >= 0.6 is 22.6 Å². The highest BCUT2D eigenvalue weighted by molar-refractivity contribution is 14.1. The minimum Gasteiger partial charge on any atom is -0.444 e. The van der Waals surface area contributed by atoms with Crippen molar-refractivity contribution in [1.82, 2.24) is 5.32 Å². The van der Waals surface area contributed by atoms with Crippen molar-refractivity contribution in [3.8, 4) is 0 Å². The molecular weight excluding hydrogens is 461 g/mol. The Morgan fingerprint density at radius 2 is 1.54 bits per heavy atom. The third-order valence-electron chi connectivity index (χ3n) is 4.80. The van der Waals surface area contributed by atoms with Crippen LogP contribution in [0.2, 0.25) is 0 Å². The van der Waals surface area contributed by atoms with Crippen LogP contribution in [-0.2, 0) is 17.6 Å². The Labute approximate surface area is 186 Å². The first kappa shape index (κ1) is 25.3. The molecule has 1 rings (SSSR count). The first-order chi connectivity index (χ1) is 13.3. The molecule has 0 aliphatic rings. The van der Waals surface area contributed by atoms with E-state index in [-0.39, 0.29) is 12.1 Å². The van der Waals surface area contributed by atoms with E-state index in [2.05, 4.69) is 59.1 Å². The largest absolute Gasteiger partial charge is 0.444 e. The molecule has 0 radical (unpaired) electrons. The number of halogens is 1. The minimum atomic E-state index is -0.454. The van der Waals surface area contributed by atoms with Crippen molar-refractivity contribution in [3.05, 3.63) is 35.4 Å². The van der Waals surface area contributed by atoms with Crippen LogP contribution in [0.25, 0.3) is 0 Å². The van der Waals surface area contributed by atoms with Crippen LogP contribution < -0.4 is 5.32 Å². The molecule has 1 aromatic carbocycles. The molecular formula is C24H40INO2. The number of alkyl carbamates (subject to hydrolysis) is 1. The van der Waals surface area contributed by atoms with E-state index in [1.165, 1.54) is 56.1 Å². The highest BCUT2D eigenvalue weighted by atomic mass is 127. The van der Waals surface area contributed by atoms with Crippen LogP contribution in [0.1, 0.15) is 90.2 Å². The number of amides is 1. The lowest BCUT2D eigenvalue weighted by Crippen LogP contribution is -2.39. The van der Waals surface area contributed by atoms with Crippen molar-refractivity contribution in [3.63, 3.8) is 0 Å². The summed E-state index contributed by atoms with van der Waals surface area (Å²) in [6.07, 6.45) is 11.8. The van der Waals surface area contributed by atoms with Crippen molar-refractivity contribution in [2.75, 3.05) is 4.43 Å². The number of nitrogens with one attached hydrogen (secondary N) is 1. The zero-order valence-electron chi connectivity index (χ0n) is 18.4. The number of hydrogen-bond donors (Lipinski definition) is 1. The van der Waals surface area contributed by atoms with Crippen molar-refractivity contribution in [1.29, 1.82) is 0 Å². The molecule has 0 saturated carbocycles. The maximum Gasteiger partial charge on any atom is 0.407 e. The number of ether oxygens (including phenoxy) is 1. The molecule has 0 bridgehead atoms. The molecule has 0 saturated heterocycles. The fraction of sp³-hybridized carbons (Fsp3) is 0.708. The maximum absolute atomic E-state index is 12.0. The Morgan fingerprint density at radius 3 is 2.11 bits per heavy atom. The number of hydrogen-bond acceptors (Lipinski definition) is 2. The fourth-order valence-corrected chi connectivity index (χ4v) is 3.97. The molecule has 1 aromatic rings. The predicted molar refractivity (Wildman–Crippen MR) is 129 cm³/mol. The fourth-order valence-electron chi connectivity index (χ4n) is 3.22. The average Bonchev–Trinajstić information content (AvgIpc) is 2.62. The molecule has 1 atom stereocenters. The van der Waals surface area contributed by atoms with E-state index in [0.29, 0.717) is 0 Å². The summed E-state index contributed by atoms with van der Waals surface area (Å²) in [5, 5.41) is 3.04. The van der Waals surface area contributed by atoms with E-state index in [1.54, 1.807) is 0 Å². The number of carbonyl (C=O) groups excluding carboxylic acids is 1. The quantitative estimate of drug-likeness (QED) is 0.176. The van der Waals surface area contributed by atoms with Crippen molar-refractivity contribution in [2.24, 2.45) is 0 Å². The number of alkyl halides is 1. The minimum absolute atomic E-state index is 0.162. The third kappa shape index (κ3) is 12.6. The van der Waals surface area contributed by atoms with E-state index >= 15 is 0 Å². The predicted octanol–water partition coefficient (Wildman–Crippen LogP) is 7.24. The van der Waals surface area contributed by atoms with Gasteiger partial charge in [0.25, 0.3) is 0 Å². The van der Waals surface area contributed by atoms with Crippen LogP contribution in [0.15, 0.2) is 24.3 Å². The summed E-state index contributed by atoms with van der Waals surface area (Å²) in [6, 6.07) is 9.21. The van der Waals surface area contributed by atoms with Crippen molar-refractivity contribution < 1.29 is 9.53 Å². The topological polar surface area (TPSA) is 38.3 Å². The van der Waals surface area contributed by atoms with Crippen LogP contribution in [0, 0.1) is 0 Å². The molecule has 0 aliphatic carbocycles. The summed E-state index contributed by atoms with van der Waals surface area (Å²) in [4.78, 5) is 12.0. The highest BCUT2D eigenvalue weighted by Gasteiger charge is 2.19. The summed E-state index contributed by atoms with van der Waals surface area (Å²) in [5.41, 5.74) is 2.33. The third-order valence-corrected chi connectivity index (χ3v) is 5.42. The second kappa shape index (κ2) is 14.2. The summed E-state index contributed by atoms with van der Waals surface area (Å²) in [5.74, 6) is 0. The van der Waals surface area contributed by atoms with Crippen molar-refractivity contribution in [2.45, 2.75) is 104 Å². The van der Waals surface area contributed by atoms with Crippen LogP contribution in [0.5, 0.6) is 0 Å². The van der Waals surface area contributed by atoms with E-state index < -0.39 is 5.60 Å². The van der Waals surface area contributed by atoms with Gasteiger partial charge >= 0.3 is 6.09 Å². The summed E-state index contributed by atoms with van der Waals surface area (Å²) in [6.45, 7) is 7.95. The molecule has 0 aliphatic heterocycles. The Morgan fingerprint density at radius 1 is 0.964 bits per heavy atom. The van der Waals surface area contributed by atoms with E-state index in [4.69, 9.17) is 4.74 Å². The zero-order chi connectivity index (χ0) is 20.8. The molecule has 4 heteroatoms. The molecule has 3 nitrogen and oxygen atoms in total. The van der Waals surface area contributed by atoms with Gasteiger partial charge in [-0.05, 0) is 64.0 Å². The SMILES string of the molecule is CCCCCCCCc1ccc(CCC(CCI)NC(=O)OC(C)(C)C)cc1. The molecule has 0 spiro atoms. The smallest absolute Gasteiger partial charge is 0.407 e. The number of benzene rings is 1. The van der Waals surface area contributed by atoms with Gasteiger partial charge in [-0.25, -0.2) is 4.79 Å². The van der Waals surface area contributed by atoms with Gasteiger partial charge in [-0.15, -0.1) is 0 Å². The molecule has 1 unspecified atom stereocenters. The monoisotopic (exact) mass is 501 g/mol. The Balaban J connectivity index is 2.37. The first-order valence-electron chi connectivity index (χ1n) is 11.0. The normalized spacial score (nSPS) is 12.6. The Bertz CT molecular complexity index is 537. The zero-order valence-corrected chi connectivity index (χ0v) is 20.5. The van der Waals surface area contributed by atoms with E-state index in [0.717, 1.165) is 23.7 Å². The van der Waals surface area contributed by atoms with Gasteiger partial charge in [-0.3, -0.25) is 0 Å². The van der Waals surface area contributed by atoms with Gasteiger partial charge in [-0.2, -0.15) is 0 Å². The van der Waals surface area contributed by atoms with Crippen LogP contribution in [0.3, 0.4) is 0 Å². The number of carbonyl (C=O) groups is 1. The maximum atomic E-state index is 12.0. The molecule has 1 amide bonds. The lowest BCUT2D eigenvalue weighted by Gasteiger charge is -2.23. The standard InChI is InChI=1S/C24H40INO2/c1-5-6-7-8-9-10-11-20-12-14-21(15-13-20)16-17-22(18-19-25)26-23(27)28-24(2,3)4/h12-15,22H,5-11,16-19H2,1-4H3,(H,26,27). The van der Waals surface area contributed by atoms with Gasteiger partial charge in [0.15, 0.2) is 0 Å². The lowest BCUT2D eigenvalue weighted by molar-refractivity contribution is 0.0501. The van der Waals surface area contributed by atoms with Crippen molar-refractivity contribution >= 4 is 28.7 Å². The van der Waals surface area contributed by atoms with Gasteiger partial charge in [0.1, 0.15) is 5.60 Å². The summed E-state index contributed by atoms with van der Waals surface area (Å²) < 4.78 is 6.42. The summed E-state index contributed by atoms with van der Waals surface area (Å²) >= 11 is 2.37. The Hall–Kier alpha value is -0.780. The van der Waals surface area contributed by atoms with Gasteiger partial charge in [-0.1, -0.05) is 85.9 Å². The van der Waals surface area contributed by atoms with Gasteiger partial charge in [0.05, 0.1) is 0 Å². The van der Waals surface area contributed by atoms with E-state index in [1.807, 2.05) is 20.8 Å². The average molecular weight is 501 g/mol. The van der Waals surface area contributed by atoms with E-state index in [9.17, 15) is 4.79 Å². The number of rotatable bonds is 13. The molecule has 28 heavy (non-hydrogen) atoms. The molecule has 0 heterocycles. The Kier molecular flexibility index (Phi) is 12.8. The van der Waals surface area contributed by atoms with Gasteiger partial charge < -0.3 is 10.1 Å². The molecule has 0 fully saturated rings. The second-order valence-electron chi connectivity index (χ2n) is 8.69.